The van der Waals surface area contributed by atoms with Crippen molar-refractivity contribution in [3.63, 3.8) is 0 Å². The van der Waals surface area contributed by atoms with Gasteiger partial charge in [-0.25, -0.2) is 13.1 Å². The lowest BCUT2D eigenvalue weighted by molar-refractivity contribution is 0.111. The summed E-state index contributed by atoms with van der Waals surface area (Å²) in [5, 5.41) is 12.8. The van der Waals surface area contributed by atoms with Gasteiger partial charge in [0.15, 0.2) is 0 Å². The van der Waals surface area contributed by atoms with Crippen molar-refractivity contribution in [3.8, 4) is 0 Å². The Bertz CT molecular complexity index is 512. The van der Waals surface area contributed by atoms with Crippen molar-refractivity contribution >= 4 is 10.0 Å². The summed E-state index contributed by atoms with van der Waals surface area (Å²) in [7, 11) is -2.17. The van der Waals surface area contributed by atoms with Gasteiger partial charge in [0.2, 0.25) is 5.09 Å². The van der Waals surface area contributed by atoms with E-state index in [-0.39, 0.29) is 17.2 Å². The summed E-state index contributed by atoms with van der Waals surface area (Å²) in [6.45, 7) is 0.469. The van der Waals surface area contributed by atoms with Crippen molar-refractivity contribution in [2.75, 3.05) is 7.05 Å². The lowest BCUT2D eigenvalue weighted by atomic mass is 9.93. The molecule has 1 aromatic rings. The van der Waals surface area contributed by atoms with Crippen LogP contribution >= 0.6 is 0 Å². The van der Waals surface area contributed by atoms with E-state index in [4.69, 9.17) is 4.42 Å². The number of hydrogen-bond donors (Lipinski definition) is 3. The number of hydrogen-bond acceptors (Lipinski definition) is 5. The first-order valence-electron chi connectivity index (χ1n) is 6.45. The average molecular weight is 288 g/mol. The fraction of sp³-hybridized carbons (Fsp3) is 0.667. The summed E-state index contributed by atoms with van der Waals surface area (Å²) >= 11 is 0. The van der Waals surface area contributed by atoms with Gasteiger partial charge in [0.25, 0.3) is 10.0 Å². The summed E-state index contributed by atoms with van der Waals surface area (Å²) in [4.78, 5) is 0. The molecule has 1 aliphatic carbocycles. The molecule has 1 aliphatic rings. The fourth-order valence-corrected chi connectivity index (χ4v) is 2.96. The molecule has 0 bridgehead atoms. The van der Waals surface area contributed by atoms with Gasteiger partial charge >= 0.3 is 0 Å². The Balaban J connectivity index is 1.90. The molecule has 3 N–H and O–H groups in total. The molecule has 0 saturated heterocycles. The smallest absolute Gasteiger partial charge is 0.273 e. The predicted octanol–water partition coefficient (Wildman–Crippen LogP) is 0.581. The Hall–Kier alpha value is -0.890. The highest BCUT2D eigenvalue weighted by molar-refractivity contribution is 7.89. The molecule has 6 nitrogen and oxygen atoms in total. The topological polar surface area (TPSA) is 91.6 Å². The summed E-state index contributed by atoms with van der Waals surface area (Å²) in [6, 6.07) is 3.35. The molecule has 108 valence electrons. The van der Waals surface area contributed by atoms with E-state index in [2.05, 4.69) is 10.0 Å². The van der Waals surface area contributed by atoms with E-state index < -0.39 is 10.0 Å². The van der Waals surface area contributed by atoms with Crippen molar-refractivity contribution in [2.45, 2.75) is 49.5 Å². The van der Waals surface area contributed by atoms with E-state index in [9.17, 15) is 13.5 Å². The highest BCUT2D eigenvalue weighted by Crippen LogP contribution is 2.19. The van der Waals surface area contributed by atoms with Crippen LogP contribution < -0.4 is 10.0 Å². The van der Waals surface area contributed by atoms with Crippen molar-refractivity contribution in [1.82, 2.24) is 10.0 Å². The Morgan fingerprint density at radius 3 is 2.89 bits per heavy atom. The minimum atomic E-state index is -3.51. The Morgan fingerprint density at radius 1 is 1.42 bits per heavy atom. The third-order valence-corrected chi connectivity index (χ3v) is 4.67. The second kappa shape index (κ2) is 6.04. The molecular formula is C12H20N2O4S. The Morgan fingerprint density at radius 2 is 2.21 bits per heavy atom. The SMILES string of the molecule is CNS(=O)(=O)c1ccc(CNC2CCCC(O)C2)o1. The van der Waals surface area contributed by atoms with Gasteiger partial charge in [-0.2, -0.15) is 0 Å². The molecule has 1 aromatic heterocycles. The van der Waals surface area contributed by atoms with Gasteiger partial charge in [-0.3, -0.25) is 0 Å². The first kappa shape index (κ1) is 14.5. The number of sulfonamides is 1. The standard InChI is InChI=1S/C12H20N2O4S/c1-13-19(16,17)12-6-5-11(18-12)8-14-9-3-2-4-10(15)7-9/h5-6,9-10,13-15H,2-4,7-8H2,1H3. The second-order valence-corrected chi connectivity index (χ2v) is 6.64. The lowest BCUT2D eigenvalue weighted by Gasteiger charge is -2.26. The van der Waals surface area contributed by atoms with Gasteiger partial charge in [0, 0.05) is 6.04 Å². The molecule has 0 amide bonds. The van der Waals surface area contributed by atoms with Gasteiger partial charge in [0.1, 0.15) is 5.76 Å². The molecule has 2 atom stereocenters. The van der Waals surface area contributed by atoms with Crippen LogP contribution in [0.3, 0.4) is 0 Å². The number of furan rings is 1. The van der Waals surface area contributed by atoms with Crippen molar-refractivity contribution in [3.05, 3.63) is 17.9 Å². The van der Waals surface area contributed by atoms with Crippen LogP contribution in [-0.4, -0.2) is 32.7 Å². The third kappa shape index (κ3) is 3.79. The normalized spacial score (nSPS) is 24.5. The van der Waals surface area contributed by atoms with Crippen LogP contribution in [0.15, 0.2) is 21.6 Å². The maximum absolute atomic E-state index is 11.5. The highest BCUT2D eigenvalue weighted by Gasteiger charge is 2.20. The van der Waals surface area contributed by atoms with E-state index >= 15 is 0 Å². The maximum atomic E-state index is 11.5. The fourth-order valence-electron chi connectivity index (χ4n) is 2.29. The Kier molecular flexibility index (Phi) is 4.62. The molecule has 19 heavy (non-hydrogen) atoms. The van der Waals surface area contributed by atoms with Crippen molar-refractivity contribution < 1.29 is 17.9 Å². The quantitative estimate of drug-likeness (QED) is 0.737. The van der Waals surface area contributed by atoms with Crippen LogP contribution in [0.4, 0.5) is 0 Å². The minimum Gasteiger partial charge on any atom is -0.447 e. The first-order valence-corrected chi connectivity index (χ1v) is 7.93. The number of aliphatic hydroxyl groups excluding tert-OH is 1. The summed E-state index contributed by atoms with van der Waals surface area (Å²) in [5.41, 5.74) is 0. The van der Waals surface area contributed by atoms with Crippen LogP contribution in [-0.2, 0) is 16.6 Å². The number of nitrogens with one attached hydrogen (secondary N) is 2. The molecule has 1 fully saturated rings. The van der Waals surface area contributed by atoms with E-state index in [1.54, 1.807) is 6.07 Å². The van der Waals surface area contributed by atoms with Crippen molar-refractivity contribution in [1.29, 1.82) is 0 Å². The Labute approximate surface area is 113 Å². The van der Waals surface area contributed by atoms with Crippen LogP contribution in [0.5, 0.6) is 0 Å². The monoisotopic (exact) mass is 288 g/mol. The molecule has 0 aliphatic heterocycles. The second-order valence-electron chi connectivity index (χ2n) is 4.83. The molecule has 7 heteroatoms. The molecule has 0 radical (unpaired) electrons. The predicted molar refractivity (Wildman–Crippen MR) is 70.1 cm³/mol. The molecule has 2 rings (SSSR count). The number of rotatable bonds is 5. The van der Waals surface area contributed by atoms with Gasteiger partial charge in [-0.1, -0.05) is 0 Å². The largest absolute Gasteiger partial charge is 0.447 e. The molecule has 2 unspecified atom stereocenters. The molecular weight excluding hydrogens is 268 g/mol. The summed E-state index contributed by atoms with van der Waals surface area (Å²) in [5.74, 6) is 0.578. The zero-order valence-corrected chi connectivity index (χ0v) is 11.7. The molecule has 0 aromatic carbocycles. The van der Waals surface area contributed by atoms with Crippen LogP contribution in [0.25, 0.3) is 0 Å². The highest BCUT2D eigenvalue weighted by atomic mass is 32.2. The molecule has 1 heterocycles. The minimum absolute atomic E-state index is 0.0736. The van der Waals surface area contributed by atoms with E-state index in [0.29, 0.717) is 12.3 Å². The zero-order valence-electron chi connectivity index (χ0n) is 10.9. The van der Waals surface area contributed by atoms with Crippen LogP contribution in [0.2, 0.25) is 0 Å². The molecule has 0 spiro atoms. The van der Waals surface area contributed by atoms with Gasteiger partial charge in [0.05, 0.1) is 12.6 Å². The zero-order chi connectivity index (χ0) is 13.9. The average Bonchev–Trinajstić information content (AvgIpc) is 2.86. The van der Waals surface area contributed by atoms with Crippen LogP contribution in [0.1, 0.15) is 31.4 Å². The van der Waals surface area contributed by atoms with Crippen molar-refractivity contribution in [2.24, 2.45) is 0 Å². The summed E-state index contributed by atoms with van der Waals surface area (Å²) < 4.78 is 30.5. The van der Waals surface area contributed by atoms with Gasteiger partial charge in [-0.05, 0) is 44.9 Å². The molecule has 1 saturated carbocycles. The van der Waals surface area contributed by atoms with Crippen LogP contribution in [0, 0.1) is 0 Å². The lowest BCUT2D eigenvalue weighted by Crippen LogP contribution is -2.35. The third-order valence-electron chi connectivity index (χ3n) is 3.38. The summed E-state index contributed by atoms with van der Waals surface area (Å²) in [6.07, 6.45) is 3.41. The maximum Gasteiger partial charge on any atom is 0.273 e. The van der Waals surface area contributed by atoms with Gasteiger partial charge < -0.3 is 14.8 Å². The van der Waals surface area contributed by atoms with E-state index in [1.807, 2.05) is 0 Å². The van der Waals surface area contributed by atoms with Gasteiger partial charge in [-0.15, -0.1) is 0 Å². The van der Waals surface area contributed by atoms with E-state index in [0.717, 1.165) is 25.7 Å². The number of aliphatic hydroxyl groups is 1. The first-order chi connectivity index (χ1) is 9.01. The van der Waals surface area contributed by atoms with E-state index in [1.165, 1.54) is 13.1 Å².